The Morgan fingerprint density at radius 1 is 1.15 bits per heavy atom. The molecule has 0 aliphatic carbocycles. The average molecular weight is 494 g/mol. The molecule has 0 aliphatic rings. The Balaban J connectivity index is 1.46. The number of aryl methyl sites for hydroxylation is 1. The maximum atomic E-state index is 13.2. The van der Waals surface area contributed by atoms with Crippen molar-refractivity contribution in [3.63, 3.8) is 0 Å². The first kappa shape index (κ1) is 24.0. The normalized spacial score (nSPS) is 11.9. The monoisotopic (exact) mass is 493 g/mol. The predicted octanol–water partition coefficient (Wildman–Crippen LogP) is 4.74. The highest BCUT2D eigenvalue weighted by molar-refractivity contribution is 7.99. The summed E-state index contributed by atoms with van der Waals surface area (Å²) >= 11 is 2.66. The van der Waals surface area contributed by atoms with Crippen LogP contribution in [0.5, 0.6) is 5.75 Å². The molecule has 6 nitrogen and oxygen atoms in total. The van der Waals surface area contributed by atoms with E-state index in [1.54, 1.807) is 11.7 Å². The number of benzene rings is 2. The number of thioether (sulfide) groups is 1. The fourth-order valence-electron chi connectivity index (χ4n) is 3.72. The molecule has 0 fully saturated rings. The van der Waals surface area contributed by atoms with E-state index in [0.29, 0.717) is 27.7 Å². The van der Waals surface area contributed by atoms with Gasteiger partial charge in [0.1, 0.15) is 10.4 Å². The van der Waals surface area contributed by atoms with E-state index in [0.717, 1.165) is 18.4 Å². The number of hydrogen-bond acceptors (Lipinski definition) is 6. The Kier molecular flexibility index (Phi) is 8.03. The lowest BCUT2D eigenvalue weighted by Gasteiger charge is -2.16. The number of para-hydroxylation sites is 1. The number of nitrogens with zero attached hydrogens (tertiary/aromatic N) is 2. The molecule has 4 rings (SSSR count). The van der Waals surface area contributed by atoms with Crippen molar-refractivity contribution in [1.82, 2.24) is 14.9 Å². The number of amides is 1. The van der Waals surface area contributed by atoms with Crippen LogP contribution in [0.15, 0.2) is 76.0 Å². The topological polar surface area (TPSA) is 73.2 Å². The zero-order valence-electron chi connectivity index (χ0n) is 19.2. The van der Waals surface area contributed by atoms with Crippen LogP contribution in [0.2, 0.25) is 0 Å². The van der Waals surface area contributed by atoms with Gasteiger partial charge in [0.2, 0.25) is 5.91 Å². The number of thiophene rings is 1. The number of aromatic nitrogens is 2. The largest absolute Gasteiger partial charge is 0.496 e. The summed E-state index contributed by atoms with van der Waals surface area (Å²) in [6.45, 7) is 2.33. The number of hydrogen-bond donors (Lipinski definition) is 1. The van der Waals surface area contributed by atoms with Gasteiger partial charge < -0.3 is 10.1 Å². The smallest absolute Gasteiger partial charge is 0.272 e. The van der Waals surface area contributed by atoms with Crippen LogP contribution in [0.1, 0.15) is 24.5 Å². The summed E-state index contributed by atoms with van der Waals surface area (Å²) in [6.07, 6.45) is 1.77. The first-order valence-electron chi connectivity index (χ1n) is 11.1. The number of rotatable bonds is 10. The molecule has 0 radical (unpaired) electrons. The van der Waals surface area contributed by atoms with Gasteiger partial charge in [-0.05, 0) is 42.8 Å². The molecule has 1 N–H and O–H groups in total. The van der Waals surface area contributed by atoms with E-state index < -0.39 is 0 Å². The number of fused-ring (bicyclic) bond motifs is 1. The Labute approximate surface area is 207 Å². The summed E-state index contributed by atoms with van der Waals surface area (Å²) in [5.41, 5.74) is 2.69. The molecule has 0 unspecified atom stereocenters. The second kappa shape index (κ2) is 11.4. The zero-order valence-corrected chi connectivity index (χ0v) is 20.8. The molecular formula is C26H27N3O3S2. The van der Waals surface area contributed by atoms with Crippen LogP contribution in [0.25, 0.3) is 10.2 Å². The molecule has 2 aromatic heterocycles. The first-order valence-corrected chi connectivity index (χ1v) is 13.0. The lowest BCUT2D eigenvalue weighted by atomic mass is 10.1. The van der Waals surface area contributed by atoms with Crippen LogP contribution in [0.4, 0.5) is 0 Å². The Hall–Kier alpha value is -3.10. The molecule has 0 spiro atoms. The van der Waals surface area contributed by atoms with Crippen molar-refractivity contribution in [2.75, 3.05) is 12.9 Å². The minimum atomic E-state index is -0.106. The quantitative estimate of drug-likeness (QED) is 0.255. The molecular weight excluding hydrogens is 466 g/mol. The van der Waals surface area contributed by atoms with Crippen molar-refractivity contribution >= 4 is 39.2 Å². The summed E-state index contributed by atoms with van der Waals surface area (Å²) in [5.74, 6) is 0.819. The lowest BCUT2D eigenvalue weighted by Crippen LogP contribution is -2.34. The van der Waals surface area contributed by atoms with Crippen LogP contribution in [0, 0.1) is 0 Å². The molecule has 0 aliphatic heterocycles. The molecule has 2 aromatic carbocycles. The van der Waals surface area contributed by atoms with Gasteiger partial charge in [0, 0.05) is 11.6 Å². The third-order valence-corrected chi connectivity index (χ3v) is 7.37. The molecule has 4 aromatic rings. The van der Waals surface area contributed by atoms with E-state index in [1.807, 2.05) is 60.8 Å². The van der Waals surface area contributed by atoms with E-state index in [9.17, 15) is 9.59 Å². The Bertz CT molecular complexity index is 1320. The van der Waals surface area contributed by atoms with Gasteiger partial charge in [0.05, 0.1) is 24.9 Å². The SMILES string of the molecule is COc1ccccc1Cn1c(SCC(=O)N[C@@H](C)CCc2ccccc2)nc2ccsc2c1=O. The summed E-state index contributed by atoms with van der Waals surface area (Å²) in [5, 5.41) is 5.45. The number of carbonyl (C=O) groups excluding carboxylic acids is 1. The van der Waals surface area contributed by atoms with E-state index in [1.165, 1.54) is 28.7 Å². The van der Waals surface area contributed by atoms with Crippen molar-refractivity contribution in [2.45, 2.75) is 37.5 Å². The highest BCUT2D eigenvalue weighted by Crippen LogP contribution is 2.24. The van der Waals surface area contributed by atoms with Crippen LogP contribution < -0.4 is 15.6 Å². The van der Waals surface area contributed by atoms with Gasteiger partial charge in [-0.1, -0.05) is 60.3 Å². The number of carbonyl (C=O) groups is 1. The molecule has 1 atom stereocenters. The van der Waals surface area contributed by atoms with Crippen LogP contribution in [0.3, 0.4) is 0 Å². The number of nitrogens with one attached hydrogen (secondary N) is 1. The third-order valence-electron chi connectivity index (χ3n) is 5.50. The molecule has 2 heterocycles. The summed E-state index contributed by atoms with van der Waals surface area (Å²) in [4.78, 5) is 30.6. The number of ether oxygens (including phenoxy) is 1. The Morgan fingerprint density at radius 3 is 2.71 bits per heavy atom. The fraction of sp³-hybridized carbons (Fsp3) is 0.269. The fourth-order valence-corrected chi connectivity index (χ4v) is 5.31. The zero-order chi connectivity index (χ0) is 23.9. The van der Waals surface area contributed by atoms with E-state index in [-0.39, 0.29) is 23.3 Å². The summed E-state index contributed by atoms with van der Waals surface area (Å²) < 4.78 is 7.70. The number of methoxy groups -OCH3 is 1. The molecule has 0 saturated heterocycles. The van der Waals surface area contributed by atoms with Gasteiger partial charge in [-0.15, -0.1) is 11.3 Å². The van der Waals surface area contributed by atoms with Gasteiger partial charge in [-0.25, -0.2) is 4.98 Å². The van der Waals surface area contributed by atoms with Gasteiger partial charge >= 0.3 is 0 Å². The molecule has 0 bridgehead atoms. The average Bonchev–Trinajstić information content (AvgIpc) is 3.33. The third kappa shape index (κ3) is 5.87. The van der Waals surface area contributed by atoms with Crippen molar-refractivity contribution in [3.8, 4) is 5.75 Å². The van der Waals surface area contributed by atoms with Crippen molar-refractivity contribution < 1.29 is 9.53 Å². The van der Waals surface area contributed by atoms with Gasteiger partial charge in [0.15, 0.2) is 5.16 Å². The van der Waals surface area contributed by atoms with Crippen molar-refractivity contribution in [3.05, 3.63) is 87.5 Å². The maximum absolute atomic E-state index is 13.2. The highest BCUT2D eigenvalue weighted by atomic mass is 32.2. The minimum Gasteiger partial charge on any atom is -0.496 e. The van der Waals surface area contributed by atoms with Crippen LogP contribution >= 0.6 is 23.1 Å². The lowest BCUT2D eigenvalue weighted by molar-refractivity contribution is -0.119. The van der Waals surface area contributed by atoms with Gasteiger partial charge in [-0.3, -0.25) is 14.2 Å². The molecule has 1 amide bonds. The second-order valence-corrected chi connectivity index (χ2v) is 9.87. The van der Waals surface area contributed by atoms with E-state index in [4.69, 9.17) is 9.72 Å². The summed E-state index contributed by atoms with van der Waals surface area (Å²) in [6, 6.07) is 19.7. The van der Waals surface area contributed by atoms with Crippen LogP contribution in [-0.2, 0) is 17.8 Å². The highest BCUT2D eigenvalue weighted by Gasteiger charge is 2.16. The molecule has 176 valence electrons. The minimum absolute atomic E-state index is 0.0522. The predicted molar refractivity (Wildman–Crippen MR) is 139 cm³/mol. The van der Waals surface area contributed by atoms with Gasteiger partial charge in [-0.2, -0.15) is 0 Å². The van der Waals surface area contributed by atoms with E-state index >= 15 is 0 Å². The molecule has 8 heteroatoms. The first-order chi connectivity index (χ1) is 16.5. The summed E-state index contributed by atoms with van der Waals surface area (Å²) in [7, 11) is 1.61. The van der Waals surface area contributed by atoms with Crippen molar-refractivity contribution in [2.24, 2.45) is 0 Å². The maximum Gasteiger partial charge on any atom is 0.272 e. The Morgan fingerprint density at radius 2 is 1.91 bits per heavy atom. The van der Waals surface area contributed by atoms with Crippen LogP contribution in [-0.4, -0.2) is 34.4 Å². The molecule has 0 saturated carbocycles. The standard InChI is InChI=1S/C26H27N3O3S2/c1-18(12-13-19-8-4-3-5-9-19)27-23(30)17-34-26-28-21-14-15-33-24(21)25(31)29(26)16-20-10-6-7-11-22(20)32-2/h3-11,14-15,18H,12-13,16-17H2,1-2H3,(H,27,30)/t18-/m0/s1. The second-order valence-electron chi connectivity index (χ2n) is 8.01. The van der Waals surface area contributed by atoms with Crippen molar-refractivity contribution in [1.29, 1.82) is 0 Å². The van der Waals surface area contributed by atoms with E-state index in [2.05, 4.69) is 17.4 Å². The molecule has 34 heavy (non-hydrogen) atoms. The van der Waals surface area contributed by atoms with Gasteiger partial charge in [0.25, 0.3) is 5.56 Å².